The topological polar surface area (TPSA) is 13.1 Å². The molecule has 0 radical (unpaired) electrons. The van der Waals surface area contributed by atoms with E-state index in [1.807, 2.05) is 18.4 Å². The summed E-state index contributed by atoms with van der Waals surface area (Å²) in [6, 6.07) is 8.25. The molecule has 1 aromatic heterocycles. The molecule has 14 heavy (non-hydrogen) atoms. The highest BCUT2D eigenvalue weighted by molar-refractivity contribution is 5.80. The number of furan rings is 1. The molecule has 74 valence electrons. The van der Waals surface area contributed by atoms with E-state index in [1.165, 1.54) is 30.2 Å². The van der Waals surface area contributed by atoms with Gasteiger partial charge in [0.25, 0.3) is 0 Å². The third-order valence-corrected chi connectivity index (χ3v) is 2.61. The van der Waals surface area contributed by atoms with E-state index in [0.717, 1.165) is 12.0 Å². The van der Waals surface area contributed by atoms with E-state index in [0.29, 0.717) is 0 Å². The molecular weight excluding hydrogens is 172 g/mol. The van der Waals surface area contributed by atoms with Gasteiger partial charge in [0.2, 0.25) is 0 Å². The number of fused-ring (bicyclic) bond motifs is 1. The van der Waals surface area contributed by atoms with Gasteiger partial charge in [-0.3, -0.25) is 0 Å². The maximum atomic E-state index is 5.48. The Balaban J connectivity index is 2.17. The second-order valence-corrected chi connectivity index (χ2v) is 3.71. The van der Waals surface area contributed by atoms with Gasteiger partial charge in [0.1, 0.15) is 5.58 Å². The number of rotatable bonds is 4. The van der Waals surface area contributed by atoms with E-state index in [1.54, 1.807) is 0 Å². The quantitative estimate of drug-likeness (QED) is 0.656. The van der Waals surface area contributed by atoms with E-state index in [9.17, 15) is 0 Å². The van der Waals surface area contributed by atoms with Crippen LogP contribution >= 0.6 is 0 Å². The van der Waals surface area contributed by atoms with Gasteiger partial charge in [-0.05, 0) is 24.5 Å². The first-order chi connectivity index (χ1) is 6.92. The Morgan fingerprint density at radius 1 is 1.14 bits per heavy atom. The van der Waals surface area contributed by atoms with Crippen molar-refractivity contribution < 1.29 is 4.42 Å². The molecule has 0 fully saturated rings. The number of benzene rings is 1. The lowest BCUT2D eigenvalue weighted by Crippen LogP contribution is -1.82. The Labute approximate surface area is 84.7 Å². The minimum absolute atomic E-state index is 1.01. The van der Waals surface area contributed by atoms with E-state index >= 15 is 0 Å². The van der Waals surface area contributed by atoms with Crippen LogP contribution in [-0.2, 0) is 6.42 Å². The van der Waals surface area contributed by atoms with Crippen LogP contribution in [0.3, 0.4) is 0 Å². The van der Waals surface area contributed by atoms with Gasteiger partial charge in [0.15, 0.2) is 0 Å². The highest BCUT2D eigenvalue weighted by Gasteiger charge is 2.03. The summed E-state index contributed by atoms with van der Waals surface area (Å²) in [4.78, 5) is 0. The summed E-state index contributed by atoms with van der Waals surface area (Å²) in [7, 11) is 0. The number of aryl methyl sites for hydroxylation is 1. The fraction of sp³-hybridized carbons (Fsp3) is 0.385. The van der Waals surface area contributed by atoms with Crippen molar-refractivity contribution in [2.75, 3.05) is 0 Å². The molecule has 1 nitrogen and oxygen atoms in total. The van der Waals surface area contributed by atoms with Crippen molar-refractivity contribution in [1.29, 1.82) is 0 Å². The molecule has 0 bridgehead atoms. The molecule has 0 saturated heterocycles. The van der Waals surface area contributed by atoms with Gasteiger partial charge in [0.05, 0.1) is 6.26 Å². The normalized spacial score (nSPS) is 10.9. The van der Waals surface area contributed by atoms with Crippen molar-refractivity contribution >= 4 is 11.0 Å². The van der Waals surface area contributed by atoms with Crippen molar-refractivity contribution in [3.8, 4) is 0 Å². The number of unbranched alkanes of at least 4 members (excludes halogenated alkanes) is 2. The first kappa shape index (κ1) is 9.32. The molecule has 0 aliphatic carbocycles. The Hall–Kier alpha value is -1.24. The summed E-state index contributed by atoms with van der Waals surface area (Å²) in [6.45, 7) is 2.23. The summed E-state index contributed by atoms with van der Waals surface area (Å²) in [5.74, 6) is 0. The third-order valence-electron chi connectivity index (χ3n) is 2.61. The van der Waals surface area contributed by atoms with Crippen molar-refractivity contribution in [3.05, 3.63) is 36.1 Å². The van der Waals surface area contributed by atoms with Gasteiger partial charge in [0, 0.05) is 5.39 Å². The first-order valence-corrected chi connectivity index (χ1v) is 5.37. The molecule has 0 amide bonds. The van der Waals surface area contributed by atoms with Gasteiger partial charge in [-0.1, -0.05) is 38.0 Å². The van der Waals surface area contributed by atoms with Gasteiger partial charge in [-0.25, -0.2) is 0 Å². The fourth-order valence-electron chi connectivity index (χ4n) is 1.79. The highest BCUT2D eigenvalue weighted by Crippen LogP contribution is 2.22. The van der Waals surface area contributed by atoms with E-state index in [4.69, 9.17) is 4.42 Å². The molecule has 0 aliphatic heterocycles. The predicted molar refractivity (Wildman–Crippen MR) is 59.4 cm³/mol. The average molecular weight is 188 g/mol. The van der Waals surface area contributed by atoms with Crippen LogP contribution in [0, 0.1) is 0 Å². The number of hydrogen-bond donors (Lipinski definition) is 0. The molecule has 2 aromatic rings. The molecule has 0 aliphatic rings. The van der Waals surface area contributed by atoms with Crippen LogP contribution in [0.25, 0.3) is 11.0 Å². The standard InChI is InChI=1S/C13H16O/c1-2-3-4-7-11-10-14-13-9-6-5-8-12(11)13/h5-6,8-10H,2-4,7H2,1H3. The molecule has 2 rings (SSSR count). The van der Waals surface area contributed by atoms with Crippen molar-refractivity contribution in [3.63, 3.8) is 0 Å². The molecule has 0 atom stereocenters. The van der Waals surface area contributed by atoms with E-state index in [-0.39, 0.29) is 0 Å². The molecule has 1 heterocycles. The van der Waals surface area contributed by atoms with E-state index < -0.39 is 0 Å². The van der Waals surface area contributed by atoms with Crippen LogP contribution in [0.15, 0.2) is 34.9 Å². The second-order valence-electron chi connectivity index (χ2n) is 3.71. The van der Waals surface area contributed by atoms with Gasteiger partial charge >= 0.3 is 0 Å². The SMILES string of the molecule is CCCCCc1coc2ccccc12. The lowest BCUT2D eigenvalue weighted by Gasteiger charge is -1.96. The zero-order chi connectivity index (χ0) is 9.80. The summed E-state index contributed by atoms with van der Waals surface area (Å²) in [5.41, 5.74) is 2.37. The molecule has 0 saturated carbocycles. The van der Waals surface area contributed by atoms with Crippen molar-refractivity contribution in [2.45, 2.75) is 32.6 Å². The van der Waals surface area contributed by atoms with Crippen LogP contribution in [0.2, 0.25) is 0 Å². The maximum absolute atomic E-state index is 5.48. The van der Waals surface area contributed by atoms with Gasteiger partial charge < -0.3 is 4.42 Å². The average Bonchev–Trinajstić information content (AvgIpc) is 2.63. The van der Waals surface area contributed by atoms with Crippen LogP contribution < -0.4 is 0 Å². The van der Waals surface area contributed by atoms with Crippen LogP contribution in [-0.4, -0.2) is 0 Å². The minimum Gasteiger partial charge on any atom is -0.464 e. The fourth-order valence-corrected chi connectivity index (χ4v) is 1.79. The number of hydrogen-bond acceptors (Lipinski definition) is 1. The van der Waals surface area contributed by atoms with Gasteiger partial charge in [-0.15, -0.1) is 0 Å². The lowest BCUT2D eigenvalue weighted by molar-refractivity contribution is 0.606. The van der Waals surface area contributed by atoms with Crippen molar-refractivity contribution in [2.24, 2.45) is 0 Å². The molecule has 0 spiro atoms. The molecule has 1 aromatic carbocycles. The van der Waals surface area contributed by atoms with Crippen LogP contribution in [0.1, 0.15) is 31.7 Å². The summed E-state index contributed by atoms with van der Waals surface area (Å²) >= 11 is 0. The summed E-state index contributed by atoms with van der Waals surface area (Å²) < 4.78 is 5.48. The third kappa shape index (κ3) is 1.82. The molecular formula is C13H16O. The Kier molecular flexibility index (Phi) is 2.87. The van der Waals surface area contributed by atoms with Crippen LogP contribution in [0.4, 0.5) is 0 Å². The lowest BCUT2D eigenvalue weighted by atomic mass is 10.1. The Morgan fingerprint density at radius 3 is 2.86 bits per heavy atom. The highest BCUT2D eigenvalue weighted by atomic mass is 16.3. The zero-order valence-corrected chi connectivity index (χ0v) is 8.62. The zero-order valence-electron chi connectivity index (χ0n) is 8.62. The van der Waals surface area contributed by atoms with Crippen molar-refractivity contribution in [1.82, 2.24) is 0 Å². The minimum atomic E-state index is 1.01. The summed E-state index contributed by atoms with van der Waals surface area (Å²) in [6.07, 6.45) is 6.89. The van der Waals surface area contributed by atoms with E-state index in [2.05, 4.69) is 19.1 Å². The molecule has 1 heteroatoms. The maximum Gasteiger partial charge on any atom is 0.134 e. The molecule has 0 N–H and O–H groups in total. The first-order valence-electron chi connectivity index (χ1n) is 5.37. The largest absolute Gasteiger partial charge is 0.464 e. The predicted octanol–water partition coefficient (Wildman–Crippen LogP) is 4.17. The van der Waals surface area contributed by atoms with Crippen LogP contribution in [0.5, 0.6) is 0 Å². The Morgan fingerprint density at radius 2 is 2.00 bits per heavy atom. The second kappa shape index (κ2) is 4.32. The van der Waals surface area contributed by atoms with Gasteiger partial charge in [-0.2, -0.15) is 0 Å². The smallest absolute Gasteiger partial charge is 0.134 e. The Bertz CT molecular complexity index is 400. The number of para-hydroxylation sites is 1. The molecule has 0 unspecified atom stereocenters. The monoisotopic (exact) mass is 188 g/mol. The summed E-state index contributed by atoms with van der Waals surface area (Å²) in [5, 5.41) is 1.28.